The average molecular weight is 859 g/mol. The topological polar surface area (TPSA) is 40.5 Å². The molecule has 0 bridgehead atoms. The first-order valence-electron chi connectivity index (χ1n) is 6.65. The van der Waals surface area contributed by atoms with Gasteiger partial charge in [-0.15, -0.1) is 0 Å². The predicted octanol–water partition coefficient (Wildman–Crippen LogP) is 9.74. The number of halogens is 8. The highest BCUT2D eigenvalue weighted by Gasteiger charge is 2.30. The number of benzene rings is 2. The van der Waals surface area contributed by atoms with Crippen molar-refractivity contribution < 1.29 is 10.2 Å². The Morgan fingerprint density at radius 2 is 0.800 bits per heavy atom. The number of hydrogen-bond donors (Lipinski definition) is 2. The SMILES string of the molecule is CCC(c1c(Br)c(Br)c(O)c(Br)c1Br)c1c(Br)c(Br)c(O)c(Br)c1Br. The van der Waals surface area contributed by atoms with Crippen LogP contribution in [0.15, 0.2) is 35.8 Å². The minimum atomic E-state index is -0.0473. The summed E-state index contributed by atoms with van der Waals surface area (Å²) in [5.41, 5.74) is 1.93. The number of hydrogen-bond acceptors (Lipinski definition) is 2. The average Bonchev–Trinajstić information content (AvgIpc) is 2.60. The molecule has 2 nitrogen and oxygen atoms in total. The van der Waals surface area contributed by atoms with E-state index in [1.807, 2.05) is 0 Å². The molecule has 2 N–H and O–H groups in total. The molecule has 10 heteroatoms. The number of aromatic hydroxyl groups is 2. The largest absolute Gasteiger partial charge is 0.505 e. The van der Waals surface area contributed by atoms with Crippen molar-refractivity contribution in [1.29, 1.82) is 0 Å². The van der Waals surface area contributed by atoms with Crippen molar-refractivity contribution in [3.05, 3.63) is 46.9 Å². The second-order valence-electron chi connectivity index (χ2n) is 5.00. The molecule has 2 aromatic rings. The zero-order valence-electron chi connectivity index (χ0n) is 12.2. The Kier molecular flexibility index (Phi) is 8.46. The molecule has 0 aliphatic rings. The number of phenolic OH excluding ortho intramolecular Hbond substituents is 2. The van der Waals surface area contributed by atoms with Gasteiger partial charge >= 0.3 is 0 Å². The normalized spacial score (nSPS) is 11.4. The molecule has 0 radical (unpaired) electrons. The summed E-state index contributed by atoms with van der Waals surface area (Å²) in [6.45, 7) is 2.08. The summed E-state index contributed by atoms with van der Waals surface area (Å²) >= 11 is 28.1. The highest BCUT2D eigenvalue weighted by Crippen LogP contribution is 2.54. The van der Waals surface area contributed by atoms with Crippen molar-refractivity contribution in [2.75, 3.05) is 0 Å². The lowest BCUT2D eigenvalue weighted by molar-refractivity contribution is 0.466. The van der Waals surface area contributed by atoms with Crippen molar-refractivity contribution in [2.24, 2.45) is 0 Å². The van der Waals surface area contributed by atoms with Crippen LogP contribution in [0.4, 0.5) is 0 Å². The van der Waals surface area contributed by atoms with Crippen LogP contribution >= 0.6 is 127 Å². The fraction of sp³-hybridized carbons (Fsp3) is 0.200. The zero-order valence-corrected chi connectivity index (χ0v) is 24.9. The van der Waals surface area contributed by atoms with Crippen LogP contribution in [0, 0.1) is 0 Å². The van der Waals surface area contributed by atoms with E-state index < -0.39 is 0 Å². The van der Waals surface area contributed by atoms with Gasteiger partial charge in [-0.3, -0.25) is 0 Å². The molecular formula is C15H8Br8O2. The maximum absolute atomic E-state index is 10.2. The fourth-order valence-corrected chi connectivity index (χ4v) is 7.80. The van der Waals surface area contributed by atoms with E-state index >= 15 is 0 Å². The number of rotatable bonds is 3. The minimum absolute atomic E-state index is 0.0473. The van der Waals surface area contributed by atoms with Crippen LogP contribution in [-0.2, 0) is 0 Å². The monoisotopic (exact) mass is 851 g/mol. The molecule has 0 fully saturated rings. The van der Waals surface area contributed by atoms with Gasteiger partial charge in [-0.25, -0.2) is 0 Å². The lowest BCUT2D eigenvalue weighted by Gasteiger charge is -2.25. The van der Waals surface area contributed by atoms with Gasteiger partial charge in [0.1, 0.15) is 11.5 Å². The molecule has 0 aliphatic carbocycles. The molecule has 0 heterocycles. The van der Waals surface area contributed by atoms with Crippen molar-refractivity contribution in [2.45, 2.75) is 19.3 Å². The van der Waals surface area contributed by atoms with Gasteiger partial charge in [0.25, 0.3) is 0 Å². The van der Waals surface area contributed by atoms with Crippen LogP contribution in [0.5, 0.6) is 11.5 Å². The van der Waals surface area contributed by atoms with Crippen LogP contribution in [0.1, 0.15) is 30.4 Å². The third-order valence-electron chi connectivity index (χ3n) is 3.65. The van der Waals surface area contributed by atoms with Crippen LogP contribution in [0.25, 0.3) is 0 Å². The molecule has 0 aliphatic heterocycles. The minimum Gasteiger partial charge on any atom is -0.505 e. The van der Waals surface area contributed by atoms with Crippen LogP contribution in [-0.4, -0.2) is 10.2 Å². The van der Waals surface area contributed by atoms with Gasteiger partial charge < -0.3 is 10.2 Å². The Labute approximate surface area is 212 Å². The molecule has 0 unspecified atom stereocenters. The van der Waals surface area contributed by atoms with E-state index in [0.29, 0.717) is 17.9 Å². The Hall–Kier alpha value is 1.88. The highest BCUT2D eigenvalue weighted by atomic mass is 79.9. The van der Waals surface area contributed by atoms with Gasteiger partial charge in [0, 0.05) is 23.8 Å². The predicted molar refractivity (Wildman–Crippen MR) is 130 cm³/mol. The van der Waals surface area contributed by atoms with Crippen LogP contribution < -0.4 is 0 Å². The van der Waals surface area contributed by atoms with Gasteiger partial charge in [-0.2, -0.15) is 0 Å². The Balaban J connectivity index is 2.90. The summed E-state index contributed by atoms with van der Waals surface area (Å²) < 4.78 is 5.30. The quantitative estimate of drug-likeness (QED) is 0.302. The molecule has 0 spiro atoms. The Morgan fingerprint density at radius 3 is 1.00 bits per heavy atom. The molecule has 0 atom stereocenters. The summed E-state index contributed by atoms with van der Waals surface area (Å²) in [6, 6.07) is 0. The highest BCUT2D eigenvalue weighted by molar-refractivity contribution is 9.14. The van der Waals surface area contributed by atoms with Crippen molar-refractivity contribution >= 4 is 127 Å². The van der Waals surface area contributed by atoms with Crippen molar-refractivity contribution in [3.8, 4) is 11.5 Å². The molecule has 0 amide bonds. The van der Waals surface area contributed by atoms with Gasteiger partial charge in [0.15, 0.2) is 0 Å². The third-order valence-corrected chi connectivity index (χ3v) is 12.2. The van der Waals surface area contributed by atoms with Crippen LogP contribution in [0.2, 0.25) is 0 Å². The second-order valence-corrected chi connectivity index (χ2v) is 11.3. The molecule has 136 valence electrons. The van der Waals surface area contributed by atoms with Gasteiger partial charge in [0.2, 0.25) is 0 Å². The first kappa shape index (κ1) is 23.2. The standard InChI is InChI=1S/C15H8Br8O2/c1-2-3(4-6(16)10(20)14(24)11(21)7(4)17)5-8(18)12(22)15(25)13(23)9(5)19/h3,24-25H,2H2,1H3. The molecule has 2 rings (SSSR count). The van der Waals surface area contributed by atoms with Crippen molar-refractivity contribution in [3.63, 3.8) is 0 Å². The molecule has 25 heavy (non-hydrogen) atoms. The maximum Gasteiger partial charge on any atom is 0.146 e. The Morgan fingerprint density at radius 1 is 0.560 bits per heavy atom. The molecule has 2 aromatic carbocycles. The van der Waals surface area contributed by atoms with E-state index in [2.05, 4.69) is 134 Å². The van der Waals surface area contributed by atoms with Crippen molar-refractivity contribution in [1.82, 2.24) is 0 Å². The summed E-state index contributed by atoms with van der Waals surface area (Å²) in [5, 5.41) is 20.5. The van der Waals surface area contributed by atoms with E-state index in [9.17, 15) is 10.2 Å². The first-order valence-corrected chi connectivity index (χ1v) is 13.0. The van der Waals surface area contributed by atoms with E-state index in [0.717, 1.165) is 35.4 Å². The van der Waals surface area contributed by atoms with Gasteiger partial charge in [-0.1, -0.05) is 6.92 Å². The maximum atomic E-state index is 10.2. The van der Waals surface area contributed by atoms with E-state index in [1.165, 1.54) is 0 Å². The van der Waals surface area contributed by atoms with E-state index in [-0.39, 0.29) is 17.4 Å². The molecular weight excluding hydrogens is 851 g/mol. The lowest BCUT2D eigenvalue weighted by atomic mass is 9.89. The van der Waals surface area contributed by atoms with Gasteiger partial charge in [0.05, 0.1) is 17.9 Å². The first-order chi connectivity index (χ1) is 11.6. The molecule has 0 saturated carbocycles. The Bertz CT molecular complexity index is 738. The zero-order chi connectivity index (χ0) is 19.2. The summed E-state index contributed by atoms with van der Waals surface area (Å²) in [6.07, 6.45) is 0.779. The molecule has 0 aromatic heterocycles. The third kappa shape index (κ3) is 4.12. The summed E-state index contributed by atoms with van der Waals surface area (Å²) in [4.78, 5) is 0. The smallest absolute Gasteiger partial charge is 0.146 e. The lowest BCUT2D eigenvalue weighted by Crippen LogP contribution is -2.06. The van der Waals surface area contributed by atoms with E-state index in [1.54, 1.807) is 0 Å². The number of phenols is 2. The van der Waals surface area contributed by atoms with Gasteiger partial charge in [-0.05, 0) is 145 Å². The van der Waals surface area contributed by atoms with Crippen LogP contribution in [0.3, 0.4) is 0 Å². The summed E-state index contributed by atoms with van der Waals surface area (Å²) in [5.74, 6) is 0.181. The molecule has 0 saturated heterocycles. The second kappa shape index (κ2) is 9.13. The fourth-order valence-electron chi connectivity index (χ4n) is 2.44. The van der Waals surface area contributed by atoms with E-state index in [4.69, 9.17) is 0 Å². The summed E-state index contributed by atoms with van der Waals surface area (Å²) in [7, 11) is 0.